The number of carbonyl (C=O) groups is 2. The molecule has 16 heavy (non-hydrogen) atoms. The average Bonchev–Trinajstić information content (AvgIpc) is 2.49. The van der Waals surface area contributed by atoms with Crippen LogP contribution in [0.1, 0.15) is 40.5 Å². The fraction of sp³-hybridized carbons (Fsp3) is 0.818. The van der Waals surface area contributed by atoms with E-state index in [1.807, 2.05) is 20.8 Å². The Kier molecular flexibility index (Phi) is 5.85. The molecule has 5 heteroatoms. The van der Waals surface area contributed by atoms with Crippen LogP contribution in [0.15, 0.2) is 0 Å². The van der Waals surface area contributed by atoms with E-state index >= 15 is 0 Å². The molecule has 5 nitrogen and oxygen atoms in total. The molecular formula is C11H21NO4. The van der Waals surface area contributed by atoms with Gasteiger partial charge in [-0.3, -0.25) is 4.79 Å². The molecule has 1 heterocycles. The lowest BCUT2D eigenvalue weighted by Crippen LogP contribution is -2.34. The van der Waals surface area contributed by atoms with Crippen LogP contribution in [0, 0.1) is 0 Å². The molecule has 0 aromatic rings. The van der Waals surface area contributed by atoms with Gasteiger partial charge in [0.25, 0.3) is 5.97 Å². The van der Waals surface area contributed by atoms with Crippen molar-refractivity contribution in [3.05, 3.63) is 0 Å². The highest BCUT2D eigenvalue weighted by Gasteiger charge is 2.23. The molecule has 0 atom stereocenters. The van der Waals surface area contributed by atoms with E-state index < -0.39 is 5.97 Å². The standard InChI is InChI=1S/C9H17NO2.C2H4O2/c1-9(2,3)12-8(11)10-6-4-5-7-10;1-2(3)4/h4-7H2,1-3H3;1H3,(H,3,4). The summed E-state index contributed by atoms with van der Waals surface area (Å²) in [6, 6.07) is 0. The Morgan fingerprint density at radius 2 is 1.56 bits per heavy atom. The fourth-order valence-electron chi connectivity index (χ4n) is 1.23. The van der Waals surface area contributed by atoms with E-state index in [4.69, 9.17) is 14.6 Å². The van der Waals surface area contributed by atoms with Crippen LogP contribution in [0.4, 0.5) is 4.79 Å². The van der Waals surface area contributed by atoms with Crippen molar-refractivity contribution in [1.82, 2.24) is 4.90 Å². The van der Waals surface area contributed by atoms with E-state index in [-0.39, 0.29) is 11.7 Å². The van der Waals surface area contributed by atoms with Gasteiger partial charge in [0, 0.05) is 20.0 Å². The van der Waals surface area contributed by atoms with Gasteiger partial charge in [-0.25, -0.2) is 4.79 Å². The second-order valence-corrected chi connectivity index (χ2v) is 4.69. The minimum atomic E-state index is -0.833. The lowest BCUT2D eigenvalue weighted by atomic mass is 10.2. The Morgan fingerprint density at radius 3 is 1.88 bits per heavy atom. The van der Waals surface area contributed by atoms with Crippen LogP contribution in [0.25, 0.3) is 0 Å². The van der Waals surface area contributed by atoms with Gasteiger partial charge in [0.05, 0.1) is 0 Å². The molecule has 1 aliphatic heterocycles. The van der Waals surface area contributed by atoms with Crippen molar-refractivity contribution >= 4 is 12.1 Å². The maximum Gasteiger partial charge on any atom is 0.410 e. The van der Waals surface area contributed by atoms with Gasteiger partial charge < -0.3 is 14.7 Å². The lowest BCUT2D eigenvalue weighted by Gasteiger charge is -2.23. The summed E-state index contributed by atoms with van der Waals surface area (Å²) in [6.45, 7) is 8.47. The summed E-state index contributed by atoms with van der Waals surface area (Å²) in [4.78, 5) is 22.1. The first-order valence-corrected chi connectivity index (χ1v) is 5.40. The predicted octanol–water partition coefficient (Wildman–Crippen LogP) is 2.11. The van der Waals surface area contributed by atoms with Crippen LogP contribution < -0.4 is 0 Å². The van der Waals surface area contributed by atoms with Gasteiger partial charge >= 0.3 is 6.09 Å². The molecule has 0 bridgehead atoms. The van der Waals surface area contributed by atoms with Crippen molar-refractivity contribution in [3.63, 3.8) is 0 Å². The van der Waals surface area contributed by atoms with Crippen LogP contribution in [0.5, 0.6) is 0 Å². The van der Waals surface area contributed by atoms with Gasteiger partial charge in [-0.2, -0.15) is 0 Å². The third-order valence-corrected chi connectivity index (χ3v) is 1.76. The summed E-state index contributed by atoms with van der Waals surface area (Å²) in [5.41, 5.74) is -0.361. The van der Waals surface area contributed by atoms with E-state index in [9.17, 15) is 4.79 Å². The molecular weight excluding hydrogens is 210 g/mol. The number of rotatable bonds is 0. The maximum absolute atomic E-state index is 11.4. The smallest absolute Gasteiger partial charge is 0.410 e. The first-order chi connectivity index (χ1) is 7.22. The highest BCUT2D eigenvalue weighted by molar-refractivity contribution is 5.68. The van der Waals surface area contributed by atoms with Gasteiger partial charge in [0.2, 0.25) is 0 Å². The van der Waals surface area contributed by atoms with Crippen LogP contribution in [0.2, 0.25) is 0 Å². The van der Waals surface area contributed by atoms with Crippen molar-refractivity contribution in [2.75, 3.05) is 13.1 Å². The number of nitrogens with zero attached hydrogens (tertiary/aromatic N) is 1. The molecule has 0 unspecified atom stereocenters. The highest BCUT2D eigenvalue weighted by Crippen LogP contribution is 2.14. The van der Waals surface area contributed by atoms with Crippen molar-refractivity contribution in [3.8, 4) is 0 Å². The quantitative estimate of drug-likeness (QED) is 0.693. The molecule has 1 amide bonds. The van der Waals surface area contributed by atoms with E-state index in [1.165, 1.54) is 0 Å². The third-order valence-electron chi connectivity index (χ3n) is 1.76. The second-order valence-electron chi connectivity index (χ2n) is 4.69. The molecule has 1 N–H and O–H groups in total. The van der Waals surface area contributed by atoms with Gasteiger partial charge in [-0.1, -0.05) is 0 Å². The first kappa shape index (κ1) is 14.7. The van der Waals surface area contributed by atoms with Gasteiger partial charge in [-0.15, -0.1) is 0 Å². The number of likely N-dealkylation sites (tertiary alicyclic amines) is 1. The molecule has 0 aromatic heterocycles. The van der Waals surface area contributed by atoms with Crippen molar-refractivity contribution in [2.24, 2.45) is 0 Å². The number of amides is 1. The molecule has 0 radical (unpaired) electrons. The number of ether oxygens (including phenoxy) is 1. The Balaban J connectivity index is 0.000000487. The van der Waals surface area contributed by atoms with E-state index in [1.54, 1.807) is 4.90 Å². The number of carboxylic acid groups (broad SMARTS) is 1. The summed E-state index contributed by atoms with van der Waals surface area (Å²) in [5.74, 6) is -0.833. The molecule has 1 saturated heterocycles. The predicted molar refractivity (Wildman–Crippen MR) is 60.4 cm³/mol. The number of carbonyl (C=O) groups excluding carboxylic acids is 1. The summed E-state index contributed by atoms with van der Waals surface area (Å²) < 4.78 is 5.21. The molecule has 0 aromatic carbocycles. The Hall–Kier alpha value is -1.26. The van der Waals surface area contributed by atoms with Crippen molar-refractivity contribution in [1.29, 1.82) is 0 Å². The van der Waals surface area contributed by atoms with Gasteiger partial charge in [-0.05, 0) is 33.6 Å². The minimum Gasteiger partial charge on any atom is -0.481 e. The summed E-state index contributed by atoms with van der Waals surface area (Å²) in [7, 11) is 0. The molecule has 94 valence electrons. The lowest BCUT2D eigenvalue weighted by molar-refractivity contribution is -0.134. The minimum absolute atomic E-state index is 0.167. The highest BCUT2D eigenvalue weighted by atomic mass is 16.6. The fourth-order valence-corrected chi connectivity index (χ4v) is 1.23. The second kappa shape index (κ2) is 6.35. The maximum atomic E-state index is 11.4. The van der Waals surface area contributed by atoms with E-state index in [0.717, 1.165) is 32.9 Å². The summed E-state index contributed by atoms with van der Waals surface area (Å²) in [6.07, 6.45) is 2.05. The SMILES string of the molecule is CC(=O)O.CC(C)(C)OC(=O)N1CCCC1. The summed E-state index contributed by atoms with van der Waals surface area (Å²) >= 11 is 0. The topological polar surface area (TPSA) is 66.8 Å². The van der Waals surface area contributed by atoms with Gasteiger partial charge in [0.1, 0.15) is 5.60 Å². The first-order valence-electron chi connectivity index (χ1n) is 5.40. The van der Waals surface area contributed by atoms with Gasteiger partial charge in [0.15, 0.2) is 0 Å². The number of aliphatic carboxylic acids is 1. The largest absolute Gasteiger partial charge is 0.481 e. The molecule has 0 saturated carbocycles. The average molecular weight is 231 g/mol. The normalized spacial score (nSPS) is 15.1. The zero-order chi connectivity index (χ0) is 12.8. The molecule has 0 spiro atoms. The van der Waals surface area contributed by atoms with Crippen molar-refractivity contribution in [2.45, 2.75) is 46.1 Å². The number of hydrogen-bond donors (Lipinski definition) is 1. The van der Waals surface area contributed by atoms with Crippen LogP contribution >= 0.6 is 0 Å². The Bertz CT molecular complexity index is 235. The molecule has 0 aliphatic carbocycles. The van der Waals surface area contributed by atoms with E-state index in [0.29, 0.717) is 0 Å². The zero-order valence-electron chi connectivity index (χ0n) is 10.4. The zero-order valence-corrected chi connectivity index (χ0v) is 10.4. The number of carboxylic acids is 1. The van der Waals surface area contributed by atoms with E-state index in [2.05, 4.69) is 0 Å². The molecule has 1 fully saturated rings. The third kappa shape index (κ3) is 8.08. The van der Waals surface area contributed by atoms with Crippen LogP contribution in [-0.2, 0) is 9.53 Å². The van der Waals surface area contributed by atoms with Crippen LogP contribution in [-0.4, -0.2) is 40.8 Å². The summed E-state index contributed by atoms with van der Waals surface area (Å²) in [5, 5.41) is 7.42. The molecule has 1 aliphatic rings. The van der Waals surface area contributed by atoms with Crippen molar-refractivity contribution < 1.29 is 19.4 Å². The monoisotopic (exact) mass is 231 g/mol. The van der Waals surface area contributed by atoms with Crippen LogP contribution in [0.3, 0.4) is 0 Å². The Morgan fingerprint density at radius 1 is 1.19 bits per heavy atom. The Labute approximate surface area is 96.4 Å². The number of hydrogen-bond acceptors (Lipinski definition) is 3. The molecule has 1 rings (SSSR count).